The number of aromatic carboxylic acids is 1. The number of hydrogen-bond donors (Lipinski definition) is 1. The lowest BCUT2D eigenvalue weighted by Crippen LogP contribution is -2.02. The Morgan fingerprint density at radius 2 is 2.00 bits per heavy atom. The molecule has 14 heavy (non-hydrogen) atoms. The van der Waals surface area contributed by atoms with Gasteiger partial charge in [-0.1, -0.05) is 12.1 Å². The van der Waals surface area contributed by atoms with E-state index in [1.807, 2.05) is 0 Å². The van der Waals surface area contributed by atoms with Crippen molar-refractivity contribution in [1.82, 2.24) is 0 Å². The molecule has 1 N–H and O–H groups in total. The van der Waals surface area contributed by atoms with Crippen molar-refractivity contribution in [3.63, 3.8) is 0 Å². The predicted octanol–water partition coefficient (Wildman–Crippen LogP) is 1.94. The van der Waals surface area contributed by atoms with E-state index in [9.17, 15) is 9.59 Å². The largest absolute Gasteiger partial charge is 0.478 e. The Kier molecular flexibility index (Phi) is 2.91. The molecule has 0 saturated heterocycles. The quantitative estimate of drug-likeness (QED) is 0.774. The number of carboxylic acids is 1. The summed E-state index contributed by atoms with van der Waals surface area (Å²) in [6.45, 7) is 0. The van der Waals surface area contributed by atoms with E-state index in [1.54, 1.807) is 18.2 Å². The number of rotatable bonds is 1. The van der Waals surface area contributed by atoms with E-state index in [0.717, 1.165) is 0 Å². The third-order valence-corrected chi connectivity index (χ3v) is 2.31. The molecule has 0 bridgehead atoms. The number of Topliss-reactive ketones (excluding diaryl/α,β-unsaturated/α-hetero) is 1. The van der Waals surface area contributed by atoms with E-state index in [4.69, 9.17) is 5.11 Å². The van der Waals surface area contributed by atoms with Gasteiger partial charge >= 0.3 is 5.97 Å². The fourth-order valence-electron chi connectivity index (χ4n) is 1.69. The summed E-state index contributed by atoms with van der Waals surface area (Å²) >= 11 is 0. The second kappa shape index (κ2) is 3.80. The van der Waals surface area contributed by atoms with Crippen molar-refractivity contribution in [2.45, 2.75) is 12.8 Å². The second-order valence-corrected chi connectivity index (χ2v) is 3.06. The molecule has 1 aromatic carbocycles. The number of fused-ring (bicyclic) bond motifs is 1. The molecular formula is C10H9ClO3. The average molecular weight is 213 g/mol. The molecule has 4 heteroatoms. The summed E-state index contributed by atoms with van der Waals surface area (Å²) in [5.74, 6) is -0.898. The number of benzene rings is 1. The molecule has 0 heterocycles. The van der Waals surface area contributed by atoms with Gasteiger partial charge < -0.3 is 5.11 Å². The van der Waals surface area contributed by atoms with Crippen molar-refractivity contribution in [1.29, 1.82) is 0 Å². The van der Waals surface area contributed by atoms with Gasteiger partial charge in [0.2, 0.25) is 0 Å². The predicted molar refractivity (Wildman–Crippen MR) is 53.3 cm³/mol. The highest BCUT2D eigenvalue weighted by Crippen LogP contribution is 2.24. The van der Waals surface area contributed by atoms with Crippen molar-refractivity contribution in [3.8, 4) is 0 Å². The molecule has 0 aliphatic heterocycles. The van der Waals surface area contributed by atoms with Crippen LogP contribution in [-0.2, 0) is 6.42 Å². The maximum Gasteiger partial charge on any atom is 0.335 e. The summed E-state index contributed by atoms with van der Waals surface area (Å²) in [5, 5.41) is 8.82. The molecule has 74 valence electrons. The summed E-state index contributed by atoms with van der Waals surface area (Å²) in [5.41, 5.74) is 1.54. The van der Waals surface area contributed by atoms with Gasteiger partial charge in [0.05, 0.1) is 5.56 Å². The second-order valence-electron chi connectivity index (χ2n) is 3.06. The van der Waals surface area contributed by atoms with Crippen LogP contribution in [0.15, 0.2) is 18.2 Å². The van der Waals surface area contributed by atoms with Crippen molar-refractivity contribution >= 4 is 24.2 Å². The Morgan fingerprint density at radius 3 is 2.64 bits per heavy atom. The molecule has 0 spiro atoms. The molecule has 1 aliphatic carbocycles. The third kappa shape index (κ3) is 1.51. The van der Waals surface area contributed by atoms with Gasteiger partial charge in [0.15, 0.2) is 5.78 Å². The molecule has 2 rings (SSSR count). The van der Waals surface area contributed by atoms with Gasteiger partial charge in [-0.05, 0) is 18.1 Å². The molecule has 0 fully saturated rings. The van der Waals surface area contributed by atoms with Crippen LogP contribution >= 0.6 is 12.4 Å². The summed E-state index contributed by atoms with van der Waals surface area (Å²) in [7, 11) is 0. The fraction of sp³-hybridized carbons (Fsp3) is 0.200. The third-order valence-electron chi connectivity index (χ3n) is 2.31. The minimum absolute atomic E-state index is 0. The minimum Gasteiger partial charge on any atom is -0.478 e. The molecule has 0 unspecified atom stereocenters. The lowest BCUT2D eigenvalue weighted by atomic mass is 10.0. The smallest absolute Gasteiger partial charge is 0.335 e. The van der Waals surface area contributed by atoms with Gasteiger partial charge in [-0.2, -0.15) is 0 Å². The zero-order valence-corrected chi connectivity index (χ0v) is 8.13. The summed E-state index contributed by atoms with van der Waals surface area (Å²) < 4.78 is 0. The van der Waals surface area contributed by atoms with Gasteiger partial charge in [-0.15, -0.1) is 12.4 Å². The number of hydrogen-bond acceptors (Lipinski definition) is 2. The first kappa shape index (κ1) is 10.7. The monoisotopic (exact) mass is 212 g/mol. The molecule has 0 saturated carbocycles. The molecule has 1 aromatic rings. The lowest BCUT2D eigenvalue weighted by Gasteiger charge is -2.01. The zero-order valence-electron chi connectivity index (χ0n) is 7.32. The fourth-order valence-corrected chi connectivity index (χ4v) is 1.69. The first-order valence-electron chi connectivity index (χ1n) is 4.08. The summed E-state index contributed by atoms with van der Waals surface area (Å²) in [6, 6.07) is 4.85. The van der Waals surface area contributed by atoms with Gasteiger partial charge in [-0.3, -0.25) is 4.79 Å². The average Bonchev–Trinajstić information content (AvgIpc) is 2.48. The topological polar surface area (TPSA) is 54.4 Å². The number of carbonyl (C=O) groups is 2. The zero-order chi connectivity index (χ0) is 9.42. The molecule has 3 nitrogen and oxygen atoms in total. The summed E-state index contributed by atoms with van der Waals surface area (Å²) in [6.07, 6.45) is 1.01. The van der Waals surface area contributed by atoms with Crippen LogP contribution < -0.4 is 0 Å². The Hall–Kier alpha value is -1.35. The molecule has 1 aliphatic rings. The van der Waals surface area contributed by atoms with Gasteiger partial charge in [-0.25, -0.2) is 4.79 Å². The normalized spacial score (nSPS) is 13.3. The molecule has 0 radical (unpaired) electrons. The SMILES string of the molecule is Cl.O=C(O)c1cccc2c1CCC2=O. The first-order valence-corrected chi connectivity index (χ1v) is 4.08. The van der Waals surface area contributed by atoms with E-state index < -0.39 is 5.97 Å². The number of halogens is 1. The van der Waals surface area contributed by atoms with E-state index in [1.165, 1.54) is 0 Å². The highest BCUT2D eigenvalue weighted by atomic mass is 35.5. The van der Waals surface area contributed by atoms with E-state index >= 15 is 0 Å². The number of carbonyl (C=O) groups excluding carboxylic acids is 1. The Bertz CT molecular complexity index is 398. The summed E-state index contributed by atoms with van der Waals surface area (Å²) in [4.78, 5) is 22.0. The van der Waals surface area contributed by atoms with Crippen LogP contribution in [0.5, 0.6) is 0 Å². The van der Waals surface area contributed by atoms with Gasteiger partial charge in [0.25, 0.3) is 0 Å². The maximum atomic E-state index is 11.2. The minimum atomic E-state index is -0.952. The number of carboxylic acid groups (broad SMARTS) is 1. The van der Waals surface area contributed by atoms with Crippen LogP contribution in [0.4, 0.5) is 0 Å². The highest BCUT2D eigenvalue weighted by Gasteiger charge is 2.23. The standard InChI is InChI=1S/C10H8O3.ClH/c11-9-5-4-6-7(9)2-1-3-8(6)10(12)13;/h1-3H,4-5H2,(H,12,13);1H. The number of ketones is 1. The van der Waals surface area contributed by atoms with Crippen molar-refractivity contribution in [3.05, 3.63) is 34.9 Å². The van der Waals surface area contributed by atoms with Crippen molar-refractivity contribution in [2.75, 3.05) is 0 Å². The van der Waals surface area contributed by atoms with Crippen LogP contribution in [0.25, 0.3) is 0 Å². The molecular weight excluding hydrogens is 204 g/mol. The molecule has 0 amide bonds. The van der Waals surface area contributed by atoms with E-state index in [0.29, 0.717) is 24.0 Å². The maximum absolute atomic E-state index is 11.2. The molecule has 0 atom stereocenters. The van der Waals surface area contributed by atoms with E-state index in [2.05, 4.69) is 0 Å². The van der Waals surface area contributed by atoms with Crippen LogP contribution in [-0.4, -0.2) is 16.9 Å². The first-order chi connectivity index (χ1) is 6.20. The Labute approximate surface area is 87.2 Å². The Balaban J connectivity index is 0.000000980. The van der Waals surface area contributed by atoms with Crippen LogP contribution in [0.1, 0.15) is 32.7 Å². The highest BCUT2D eigenvalue weighted by molar-refractivity contribution is 6.04. The van der Waals surface area contributed by atoms with Gasteiger partial charge in [0, 0.05) is 12.0 Å². The Morgan fingerprint density at radius 1 is 1.29 bits per heavy atom. The van der Waals surface area contributed by atoms with Crippen molar-refractivity contribution in [2.24, 2.45) is 0 Å². The lowest BCUT2D eigenvalue weighted by molar-refractivity contribution is 0.0695. The van der Waals surface area contributed by atoms with Crippen LogP contribution in [0.3, 0.4) is 0 Å². The van der Waals surface area contributed by atoms with E-state index in [-0.39, 0.29) is 23.8 Å². The van der Waals surface area contributed by atoms with Crippen LogP contribution in [0.2, 0.25) is 0 Å². The van der Waals surface area contributed by atoms with Crippen molar-refractivity contribution < 1.29 is 14.7 Å². The van der Waals surface area contributed by atoms with Crippen LogP contribution in [0, 0.1) is 0 Å². The van der Waals surface area contributed by atoms with Gasteiger partial charge in [0.1, 0.15) is 0 Å². The molecule has 0 aromatic heterocycles.